The number of thioether (sulfide) groups is 1. The molecule has 0 radical (unpaired) electrons. The van der Waals surface area contributed by atoms with Crippen molar-refractivity contribution >= 4 is 27.9 Å². The fraction of sp³-hybridized carbons (Fsp3) is 0.750. The van der Waals surface area contributed by atoms with Crippen molar-refractivity contribution < 1.29 is 22.1 Å². The number of ether oxygens (including phenoxy) is 1. The lowest BCUT2D eigenvalue weighted by atomic mass is 10.2. The second-order valence-corrected chi connectivity index (χ2v) is 7.98. The fourth-order valence-electron chi connectivity index (χ4n) is 2.61. The van der Waals surface area contributed by atoms with Crippen molar-refractivity contribution in [2.75, 3.05) is 45.6 Å². The minimum absolute atomic E-state index is 0.0398. The van der Waals surface area contributed by atoms with Gasteiger partial charge < -0.3 is 9.64 Å². The molecule has 8 nitrogen and oxygen atoms in total. The Balaban J connectivity index is 1.55. The summed E-state index contributed by atoms with van der Waals surface area (Å²) in [7, 11) is -3.43. The van der Waals surface area contributed by atoms with Crippen molar-refractivity contribution in [2.24, 2.45) is 0 Å². The summed E-state index contributed by atoms with van der Waals surface area (Å²) in [6.07, 6.45) is 2.50. The molecule has 0 spiro atoms. The van der Waals surface area contributed by atoms with Gasteiger partial charge in [-0.2, -0.15) is 8.42 Å². The van der Waals surface area contributed by atoms with Crippen LogP contribution in [0.2, 0.25) is 0 Å². The van der Waals surface area contributed by atoms with E-state index in [9.17, 15) is 13.2 Å². The second kappa shape index (κ2) is 6.36. The zero-order valence-electron chi connectivity index (χ0n) is 12.3. The summed E-state index contributed by atoms with van der Waals surface area (Å²) in [6.45, 7) is 3.32. The predicted molar refractivity (Wildman–Crippen MR) is 81.4 cm³/mol. The molecule has 0 aromatic rings. The Morgan fingerprint density at radius 1 is 1.32 bits per heavy atom. The first-order valence-corrected chi connectivity index (χ1v) is 9.79. The highest BCUT2D eigenvalue weighted by atomic mass is 32.2. The van der Waals surface area contributed by atoms with Gasteiger partial charge in [0.2, 0.25) is 0 Å². The quantitative estimate of drug-likeness (QED) is 0.659. The van der Waals surface area contributed by atoms with E-state index in [1.807, 2.05) is 10.3 Å². The Labute approximate surface area is 134 Å². The van der Waals surface area contributed by atoms with Crippen LogP contribution in [0.1, 0.15) is 0 Å². The van der Waals surface area contributed by atoms with Gasteiger partial charge in [0, 0.05) is 32.4 Å². The number of hydrogen-bond acceptors (Lipinski definition) is 7. The van der Waals surface area contributed by atoms with Crippen molar-refractivity contribution in [1.29, 1.82) is 0 Å². The third-order valence-corrected chi connectivity index (χ3v) is 5.33. The molecular weight excluding hydrogens is 330 g/mol. The standard InChI is InChI=1S/C12H19N3O5S2/c1-22(17,18)20-10-8-14(9-10)12-15(4-7-21-12)11(16)13-2-5-19-6-3-13/h4,7,10,12H,2-3,5-6,8-9H2,1H3. The number of nitrogens with zero attached hydrogens (tertiary/aromatic N) is 3. The molecule has 3 aliphatic rings. The van der Waals surface area contributed by atoms with E-state index in [4.69, 9.17) is 8.92 Å². The van der Waals surface area contributed by atoms with E-state index in [1.54, 1.807) is 16.0 Å². The maximum atomic E-state index is 12.5. The predicted octanol–water partition coefficient (Wildman–Crippen LogP) is -0.0974. The molecular formula is C12H19N3O5S2. The van der Waals surface area contributed by atoms with Crippen LogP contribution < -0.4 is 0 Å². The average Bonchev–Trinajstić information content (AvgIpc) is 2.90. The number of rotatable bonds is 3. The maximum absolute atomic E-state index is 12.5. The number of amides is 2. The van der Waals surface area contributed by atoms with Crippen LogP contribution in [0.15, 0.2) is 11.6 Å². The summed E-state index contributed by atoms with van der Waals surface area (Å²) in [4.78, 5) is 18.0. The molecule has 0 bridgehead atoms. The van der Waals surface area contributed by atoms with Gasteiger partial charge in [0.25, 0.3) is 10.1 Å². The number of carbonyl (C=O) groups excluding carboxylic acids is 1. The highest BCUT2D eigenvalue weighted by Crippen LogP contribution is 2.33. The number of carbonyl (C=O) groups is 1. The topological polar surface area (TPSA) is 79.4 Å². The van der Waals surface area contributed by atoms with Crippen LogP contribution in [0.25, 0.3) is 0 Å². The summed E-state index contributed by atoms with van der Waals surface area (Å²) >= 11 is 1.53. The van der Waals surface area contributed by atoms with E-state index >= 15 is 0 Å². The zero-order valence-corrected chi connectivity index (χ0v) is 13.9. The summed E-state index contributed by atoms with van der Waals surface area (Å²) < 4.78 is 32.4. The SMILES string of the molecule is CS(=O)(=O)OC1CN(C2SC=CN2C(=O)N2CCOCC2)C1. The van der Waals surface area contributed by atoms with E-state index < -0.39 is 10.1 Å². The molecule has 2 amide bonds. The summed E-state index contributed by atoms with van der Waals surface area (Å²) in [6, 6.07) is -0.0398. The molecule has 22 heavy (non-hydrogen) atoms. The highest BCUT2D eigenvalue weighted by molar-refractivity contribution is 8.02. The van der Waals surface area contributed by atoms with Gasteiger partial charge in [0.15, 0.2) is 0 Å². The monoisotopic (exact) mass is 349 g/mol. The van der Waals surface area contributed by atoms with Crippen LogP contribution in [0, 0.1) is 0 Å². The van der Waals surface area contributed by atoms with E-state index in [0.717, 1.165) is 6.26 Å². The Morgan fingerprint density at radius 2 is 2.00 bits per heavy atom. The molecule has 3 aliphatic heterocycles. The molecule has 0 aliphatic carbocycles. The minimum Gasteiger partial charge on any atom is -0.378 e. The lowest BCUT2D eigenvalue weighted by Gasteiger charge is -2.44. The Hall–Kier alpha value is -0.810. The molecule has 0 aromatic carbocycles. The molecule has 10 heteroatoms. The molecule has 124 valence electrons. The third kappa shape index (κ3) is 3.57. The molecule has 0 N–H and O–H groups in total. The lowest BCUT2D eigenvalue weighted by molar-refractivity contribution is -0.0131. The Bertz CT molecular complexity index is 555. The first kappa shape index (κ1) is 16.1. The van der Waals surface area contributed by atoms with E-state index in [0.29, 0.717) is 39.4 Å². The van der Waals surface area contributed by atoms with Crippen LogP contribution in [-0.4, -0.2) is 86.4 Å². The van der Waals surface area contributed by atoms with Crippen molar-refractivity contribution in [3.63, 3.8) is 0 Å². The molecule has 3 heterocycles. The van der Waals surface area contributed by atoms with Gasteiger partial charge in [-0.25, -0.2) is 4.79 Å². The van der Waals surface area contributed by atoms with Crippen LogP contribution in [0.4, 0.5) is 4.79 Å². The molecule has 0 aromatic heterocycles. The van der Waals surface area contributed by atoms with Crippen LogP contribution in [0.5, 0.6) is 0 Å². The van der Waals surface area contributed by atoms with Gasteiger partial charge in [-0.05, 0) is 5.41 Å². The molecule has 3 rings (SSSR count). The van der Waals surface area contributed by atoms with Gasteiger partial charge in [-0.1, -0.05) is 11.8 Å². The Kier molecular flexibility index (Phi) is 4.64. The molecule has 2 saturated heterocycles. The highest BCUT2D eigenvalue weighted by Gasteiger charge is 2.41. The maximum Gasteiger partial charge on any atom is 0.326 e. The minimum atomic E-state index is -3.43. The van der Waals surface area contributed by atoms with Gasteiger partial charge in [0.05, 0.1) is 19.5 Å². The van der Waals surface area contributed by atoms with Crippen LogP contribution in [-0.2, 0) is 19.0 Å². The zero-order chi connectivity index (χ0) is 15.7. The van der Waals surface area contributed by atoms with Gasteiger partial charge >= 0.3 is 6.03 Å². The molecule has 1 atom stereocenters. The number of morpholine rings is 1. The summed E-state index contributed by atoms with van der Waals surface area (Å²) in [5, 5.41) is 1.88. The Morgan fingerprint density at radius 3 is 2.64 bits per heavy atom. The number of likely N-dealkylation sites (tertiary alicyclic amines) is 1. The first-order valence-electron chi connectivity index (χ1n) is 7.03. The summed E-state index contributed by atoms with van der Waals surface area (Å²) in [5.74, 6) is 0. The lowest BCUT2D eigenvalue weighted by Crippen LogP contribution is -2.61. The largest absolute Gasteiger partial charge is 0.378 e. The van der Waals surface area contributed by atoms with Gasteiger partial charge in [-0.3, -0.25) is 14.0 Å². The molecule has 1 unspecified atom stereocenters. The summed E-state index contributed by atoms with van der Waals surface area (Å²) in [5.41, 5.74) is -0.130. The van der Waals surface area contributed by atoms with Crippen molar-refractivity contribution in [3.8, 4) is 0 Å². The molecule has 0 saturated carbocycles. The van der Waals surface area contributed by atoms with Crippen molar-refractivity contribution in [1.82, 2.24) is 14.7 Å². The van der Waals surface area contributed by atoms with E-state index in [2.05, 4.69) is 0 Å². The van der Waals surface area contributed by atoms with Gasteiger partial charge in [-0.15, -0.1) is 0 Å². The number of hydrogen-bond donors (Lipinski definition) is 0. The van der Waals surface area contributed by atoms with Gasteiger partial charge in [0.1, 0.15) is 11.6 Å². The average molecular weight is 349 g/mol. The van der Waals surface area contributed by atoms with E-state index in [1.165, 1.54) is 11.8 Å². The normalized spacial score (nSPS) is 27.2. The second-order valence-electron chi connectivity index (χ2n) is 5.41. The number of urea groups is 1. The van der Waals surface area contributed by atoms with Crippen LogP contribution in [0.3, 0.4) is 0 Å². The van der Waals surface area contributed by atoms with Crippen LogP contribution >= 0.6 is 11.8 Å². The first-order chi connectivity index (χ1) is 10.4. The van der Waals surface area contributed by atoms with Crippen molar-refractivity contribution in [3.05, 3.63) is 11.6 Å². The van der Waals surface area contributed by atoms with Crippen molar-refractivity contribution in [2.45, 2.75) is 11.6 Å². The smallest absolute Gasteiger partial charge is 0.326 e. The third-order valence-electron chi connectivity index (χ3n) is 3.66. The molecule has 2 fully saturated rings. The van der Waals surface area contributed by atoms with E-state index in [-0.39, 0.29) is 17.6 Å². The fourth-order valence-corrected chi connectivity index (χ4v) is 4.20.